The number of aromatic nitrogens is 2. The van der Waals surface area contributed by atoms with Crippen molar-refractivity contribution in [2.24, 2.45) is 0 Å². The molecule has 0 aliphatic rings. The normalized spacial score (nSPS) is 10.8. The van der Waals surface area contributed by atoms with Crippen molar-refractivity contribution in [1.82, 2.24) is 9.36 Å². The Kier molecular flexibility index (Phi) is 4.59. The van der Waals surface area contributed by atoms with E-state index >= 15 is 0 Å². The molecule has 0 bridgehead atoms. The van der Waals surface area contributed by atoms with Gasteiger partial charge in [0, 0.05) is 15.7 Å². The molecule has 7 heteroatoms. The number of carbonyl (C=O) groups is 1. The summed E-state index contributed by atoms with van der Waals surface area (Å²) in [5.41, 5.74) is 0.588. The van der Waals surface area contributed by atoms with Gasteiger partial charge in [0.25, 0.3) is 5.56 Å². The number of carboxylic acids is 1. The van der Waals surface area contributed by atoms with Crippen molar-refractivity contribution in [1.29, 1.82) is 0 Å². The van der Waals surface area contributed by atoms with Gasteiger partial charge in [-0.25, -0.2) is 9.48 Å². The number of benzene rings is 2. The Morgan fingerprint density at radius 1 is 1.17 bits per heavy atom. The number of rotatable bonds is 4. The Balaban J connectivity index is 2.14. The van der Waals surface area contributed by atoms with Crippen molar-refractivity contribution < 1.29 is 9.90 Å². The highest BCUT2D eigenvalue weighted by atomic mass is 79.9. The minimum atomic E-state index is -1.25. The van der Waals surface area contributed by atoms with Crippen LogP contribution in [-0.2, 0) is 6.54 Å². The van der Waals surface area contributed by atoms with Gasteiger partial charge >= 0.3 is 5.97 Å². The molecule has 0 fully saturated rings. The van der Waals surface area contributed by atoms with E-state index in [1.54, 1.807) is 47.1 Å². The molecule has 0 aliphatic carbocycles. The molecule has 0 spiro atoms. The fourth-order valence-electron chi connectivity index (χ4n) is 2.43. The molecule has 0 amide bonds. The number of carboxylic acid groups (broad SMARTS) is 1. The fourth-order valence-corrected chi connectivity index (χ4v) is 2.90. The summed E-state index contributed by atoms with van der Waals surface area (Å²) in [5.74, 6) is -1.25. The van der Waals surface area contributed by atoms with E-state index in [1.165, 1.54) is 10.9 Å². The second-order valence-corrected chi connectivity index (χ2v) is 6.52. The third kappa shape index (κ3) is 3.29. The van der Waals surface area contributed by atoms with Crippen LogP contribution in [0.1, 0.15) is 15.9 Å². The second kappa shape index (κ2) is 6.67. The maximum absolute atomic E-state index is 12.5. The van der Waals surface area contributed by atoms with Crippen molar-refractivity contribution in [3.63, 3.8) is 0 Å². The Morgan fingerprint density at radius 3 is 2.50 bits per heavy atom. The predicted octanol–water partition coefficient (Wildman–Crippen LogP) is 3.80. The van der Waals surface area contributed by atoms with E-state index in [1.807, 2.05) is 6.07 Å². The summed E-state index contributed by atoms with van der Waals surface area (Å²) in [6.45, 7) is 0.319. The quantitative estimate of drug-likeness (QED) is 0.715. The van der Waals surface area contributed by atoms with Crippen LogP contribution >= 0.6 is 27.5 Å². The van der Waals surface area contributed by atoms with Gasteiger partial charge in [-0.3, -0.25) is 9.48 Å². The first kappa shape index (κ1) is 16.5. The summed E-state index contributed by atoms with van der Waals surface area (Å²) in [6, 6.07) is 14.3. The van der Waals surface area contributed by atoms with Crippen LogP contribution < -0.4 is 5.56 Å². The zero-order valence-electron chi connectivity index (χ0n) is 12.3. The van der Waals surface area contributed by atoms with E-state index in [0.717, 1.165) is 10.0 Å². The van der Waals surface area contributed by atoms with Crippen molar-refractivity contribution in [3.8, 4) is 5.69 Å². The maximum atomic E-state index is 12.5. The molecule has 5 nitrogen and oxygen atoms in total. The number of hydrogen-bond acceptors (Lipinski definition) is 2. The molecule has 1 N–H and O–H groups in total. The van der Waals surface area contributed by atoms with Gasteiger partial charge in [-0.05, 0) is 42.0 Å². The van der Waals surface area contributed by atoms with Gasteiger partial charge in [0.1, 0.15) is 5.56 Å². The Morgan fingerprint density at radius 2 is 1.88 bits per heavy atom. The van der Waals surface area contributed by atoms with Gasteiger partial charge in [-0.1, -0.05) is 39.7 Å². The SMILES string of the molecule is O=C(O)c1cn(Cc2cccc(Cl)c2)n(-c2ccc(Br)cc2)c1=O. The van der Waals surface area contributed by atoms with Crippen LogP contribution in [0.2, 0.25) is 5.02 Å². The molecule has 2 aromatic carbocycles. The Hall–Kier alpha value is -2.31. The van der Waals surface area contributed by atoms with Gasteiger partial charge in [-0.15, -0.1) is 0 Å². The Labute approximate surface area is 150 Å². The van der Waals surface area contributed by atoms with Crippen molar-refractivity contribution >= 4 is 33.5 Å². The first-order valence-corrected chi connectivity index (χ1v) is 8.19. The zero-order chi connectivity index (χ0) is 17.3. The molecule has 0 saturated carbocycles. The lowest BCUT2D eigenvalue weighted by atomic mass is 10.2. The van der Waals surface area contributed by atoms with Crippen LogP contribution in [0.3, 0.4) is 0 Å². The molecule has 1 aromatic heterocycles. The van der Waals surface area contributed by atoms with Gasteiger partial charge in [-0.2, -0.15) is 0 Å². The number of hydrogen-bond donors (Lipinski definition) is 1. The Bertz CT molecular complexity index is 961. The molecular formula is C17H12BrClN2O3. The molecule has 1 heterocycles. The molecule has 0 saturated heterocycles. The minimum absolute atomic E-state index is 0.278. The lowest BCUT2D eigenvalue weighted by molar-refractivity contribution is 0.0695. The highest BCUT2D eigenvalue weighted by Crippen LogP contribution is 2.16. The molecule has 0 atom stereocenters. The van der Waals surface area contributed by atoms with E-state index in [0.29, 0.717) is 17.3 Å². The van der Waals surface area contributed by atoms with E-state index < -0.39 is 11.5 Å². The largest absolute Gasteiger partial charge is 0.477 e. The van der Waals surface area contributed by atoms with Gasteiger partial charge < -0.3 is 5.11 Å². The summed E-state index contributed by atoms with van der Waals surface area (Å²) < 4.78 is 3.78. The molecule has 24 heavy (non-hydrogen) atoms. The molecular weight excluding hydrogens is 396 g/mol. The molecule has 0 unspecified atom stereocenters. The average Bonchev–Trinajstić information content (AvgIpc) is 2.85. The van der Waals surface area contributed by atoms with Crippen LogP contribution in [0.25, 0.3) is 5.69 Å². The first-order valence-electron chi connectivity index (χ1n) is 7.02. The summed E-state index contributed by atoms with van der Waals surface area (Å²) in [5, 5.41) is 9.83. The minimum Gasteiger partial charge on any atom is -0.477 e. The van der Waals surface area contributed by atoms with Crippen LogP contribution in [-0.4, -0.2) is 20.4 Å². The summed E-state index contributed by atoms with van der Waals surface area (Å²) >= 11 is 9.34. The van der Waals surface area contributed by atoms with Gasteiger partial charge in [0.15, 0.2) is 0 Å². The predicted molar refractivity (Wildman–Crippen MR) is 95.2 cm³/mol. The van der Waals surface area contributed by atoms with Crippen molar-refractivity contribution in [2.45, 2.75) is 6.54 Å². The molecule has 3 rings (SSSR count). The van der Waals surface area contributed by atoms with Crippen LogP contribution in [0, 0.1) is 0 Å². The highest BCUT2D eigenvalue weighted by molar-refractivity contribution is 9.10. The molecule has 3 aromatic rings. The monoisotopic (exact) mass is 406 g/mol. The molecule has 0 radical (unpaired) electrons. The zero-order valence-corrected chi connectivity index (χ0v) is 14.7. The first-order chi connectivity index (χ1) is 11.5. The lowest BCUT2D eigenvalue weighted by Gasteiger charge is -2.12. The highest BCUT2D eigenvalue weighted by Gasteiger charge is 2.18. The third-order valence-electron chi connectivity index (χ3n) is 3.49. The fraction of sp³-hybridized carbons (Fsp3) is 0.0588. The molecule has 122 valence electrons. The summed E-state index contributed by atoms with van der Waals surface area (Å²) in [4.78, 5) is 23.8. The van der Waals surface area contributed by atoms with E-state index in [-0.39, 0.29) is 5.56 Å². The van der Waals surface area contributed by atoms with Crippen molar-refractivity contribution in [2.75, 3.05) is 0 Å². The maximum Gasteiger partial charge on any atom is 0.342 e. The van der Waals surface area contributed by atoms with Crippen LogP contribution in [0.4, 0.5) is 0 Å². The number of nitrogens with zero attached hydrogens (tertiary/aromatic N) is 2. The topological polar surface area (TPSA) is 64.2 Å². The van der Waals surface area contributed by atoms with Crippen LogP contribution in [0.15, 0.2) is 64.0 Å². The number of halogens is 2. The molecule has 0 aliphatic heterocycles. The summed E-state index contributed by atoms with van der Waals surface area (Å²) in [6.07, 6.45) is 1.34. The van der Waals surface area contributed by atoms with E-state index in [9.17, 15) is 14.7 Å². The second-order valence-electron chi connectivity index (χ2n) is 5.17. The average molecular weight is 408 g/mol. The number of aromatic carboxylic acids is 1. The van der Waals surface area contributed by atoms with Crippen molar-refractivity contribution in [3.05, 3.63) is 85.7 Å². The third-order valence-corrected chi connectivity index (χ3v) is 4.26. The van der Waals surface area contributed by atoms with Gasteiger partial charge in [0.2, 0.25) is 0 Å². The summed E-state index contributed by atoms with van der Waals surface area (Å²) in [7, 11) is 0. The lowest BCUT2D eigenvalue weighted by Crippen LogP contribution is -2.24. The van der Waals surface area contributed by atoms with E-state index in [4.69, 9.17) is 11.6 Å². The van der Waals surface area contributed by atoms with Crippen LogP contribution in [0.5, 0.6) is 0 Å². The van der Waals surface area contributed by atoms with Gasteiger partial charge in [0.05, 0.1) is 12.2 Å². The smallest absolute Gasteiger partial charge is 0.342 e. The van der Waals surface area contributed by atoms with E-state index in [2.05, 4.69) is 15.9 Å². The standard InChI is InChI=1S/C17H12BrClN2O3/c18-12-4-6-14(7-5-12)21-16(22)15(17(23)24)10-20(21)9-11-2-1-3-13(19)8-11/h1-8,10H,9H2,(H,23,24).